The lowest BCUT2D eigenvalue weighted by atomic mass is 9.96. The average molecular weight is 542 g/mol. The van der Waals surface area contributed by atoms with Gasteiger partial charge in [0.1, 0.15) is 0 Å². The molecule has 1 heterocycles. The fourth-order valence-electron chi connectivity index (χ4n) is 4.58. The van der Waals surface area contributed by atoms with Crippen LogP contribution in [-0.2, 0) is 39.7 Å². The Morgan fingerprint density at radius 3 is 1.15 bits per heavy atom. The Labute approximate surface area is 232 Å². The van der Waals surface area contributed by atoms with Gasteiger partial charge >= 0.3 is 0 Å². The summed E-state index contributed by atoms with van der Waals surface area (Å²) in [5.74, 6) is 0. The van der Waals surface area contributed by atoms with Gasteiger partial charge in [0.15, 0.2) is 0 Å². The van der Waals surface area contributed by atoms with Gasteiger partial charge in [-0.25, -0.2) is 0 Å². The van der Waals surface area contributed by atoms with Crippen molar-refractivity contribution in [3.63, 3.8) is 0 Å². The zero-order valence-electron chi connectivity index (χ0n) is 23.0. The molecule has 0 amide bonds. The fourth-order valence-corrected chi connectivity index (χ4v) is 4.58. The molecule has 214 valence electrons. The molecule has 8 nitrogen and oxygen atoms in total. The van der Waals surface area contributed by atoms with Crippen molar-refractivity contribution in [2.45, 2.75) is 6.54 Å². The van der Waals surface area contributed by atoms with E-state index in [2.05, 4.69) is 59.5 Å². The monoisotopic (exact) mass is 541 g/mol. The smallest absolute Gasteiger partial charge is 0.0701 e. The van der Waals surface area contributed by atoms with Gasteiger partial charge in [0, 0.05) is 19.6 Å². The molecule has 3 aromatic rings. The predicted octanol–water partition coefficient (Wildman–Crippen LogP) is 3.92. The van der Waals surface area contributed by atoms with Gasteiger partial charge in [0.05, 0.1) is 92.5 Å². The van der Waals surface area contributed by atoms with Crippen LogP contribution in [0.1, 0.15) is 5.56 Å². The molecular formula is C31H43NO7. The summed E-state index contributed by atoms with van der Waals surface area (Å²) in [5, 5.41) is 5.11. The van der Waals surface area contributed by atoms with E-state index in [4.69, 9.17) is 33.2 Å². The highest BCUT2D eigenvalue weighted by atomic mass is 16.6. The molecular weight excluding hydrogens is 498 g/mol. The van der Waals surface area contributed by atoms with Crippen LogP contribution in [-0.4, -0.2) is 110 Å². The standard InChI is InChI=1S/C31H43NO7/c1-3-7-29-27(5-1)25-28-6-2-4-8-30(28)31(29)26-32-9-11-33-13-15-35-17-19-37-21-23-39-24-22-38-20-18-36-16-14-34-12-10-32/h1-8,25H,9-24,26H2. The summed E-state index contributed by atoms with van der Waals surface area (Å²) in [6.07, 6.45) is 0. The van der Waals surface area contributed by atoms with Crippen molar-refractivity contribution in [2.24, 2.45) is 0 Å². The third-order valence-electron chi connectivity index (χ3n) is 6.60. The molecule has 0 aromatic heterocycles. The number of hydrogen-bond acceptors (Lipinski definition) is 8. The largest absolute Gasteiger partial charge is 0.378 e. The normalized spacial score (nSPS) is 20.0. The topological polar surface area (TPSA) is 67.9 Å². The first-order valence-electron chi connectivity index (χ1n) is 14.1. The van der Waals surface area contributed by atoms with Crippen molar-refractivity contribution >= 4 is 21.5 Å². The number of nitrogens with zero attached hydrogens (tertiary/aromatic N) is 1. The molecule has 3 aromatic carbocycles. The number of ether oxygens (including phenoxy) is 7. The number of hydrogen-bond donors (Lipinski definition) is 0. The van der Waals surface area contributed by atoms with Gasteiger partial charge in [0.2, 0.25) is 0 Å². The quantitative estimate of drug-likeness (QED) is 0.453. The van der Waals surface area contributed by atoms with Crippen LogP contribution < -0.4 is 0 Å². The maximum absolute atomic E-state index is 5.91. The van der Waals surface area contributed by atoms with Gasteiger partial charge < -0.3 is 33.2 Å². The summed E-state index contributed by atoms with van der Waals surface area (Å²) in [5.41, 5.74) is 1.34. The fraction of sp³-hybridized carbons (Fsp3) is 0.548. The third-order valence-corrected chi connectivity index (χ3v) is 6.60. The molecule has 1 fully saturated rings. The van der Waals surface area contributed by atoms with Crippen molar-refractivity contribution in [1.29, 1.82) is 0 Å². The van der Waals surface area contributed by atoms with Crippen molar-refractivity contribution in [2.75, 3.05) is 106 Å². The van der Waals surface area contributed by atoms with E-state index in [-0.39, 0.29) is 0 Å². The van der Waals surface area contributed by atoms with Crippen molar-refractivity contribution in [3.8, 4) is 0 Å². The average Bonchev–Trinajstić information content (AvgIpc) is 2.96. The predicted molar refractivity (Wildman–Crippen MR) is 152 cm³/mol. The number of benzene rings is 3. The molecule has 4 rings (SSSR count). The van der Waals surface area contributed by atoms with Crippen LogP contribution in [0.25, 0.3) is 21.5 Å². The second kappa shape index (κ2) is 18.3. The van der Waals surface area contributed by atoms with Crippen molar-refractivity contribution in [1.82, 2.24) is 4.90 Å². The Bertz CT molecular complexity index is 1000. The Balaban J connectivity index is 1.34. The molecule has 1 saturated heterocycles. The summed E-state index contributed by atoms with van der Waals surface area (Å²) in [4.78, 5) is 2.41. The lowest BCUT2D eigenvalue weighted by Crippen LogP contribution is -2.31. The molecule has 0 unspecified atom stereocenters. The highest BCUT2D eigenvalue weighted by molar-refractivity contribution is 6.02. The molecule has 0 bridgehead atoms. The summed E-state index contributed by atoms with van der Waals surface area (Å²) in [6.45, 7) is 10.3. The Hall–Kier alpha value is -2.14. The van der Waals surface area contributed by atoms with E-state index in [0.717, 1.165) is 19.6 Å². The minimum absolute atomic E-state index is 0.546. The lowest BCUT2D eigenvalue weighted by molar-refractivity contribution is -0.0242. The molecule has 0 aliphatic carbocycles. The van der Waals surface area contributed by atoms with Gasteiger partial charge in [0.25, 0.3) is 0 Å². The molecule has 0 atom stereocenters. The minimum atomic E-state index is 0.546. The molecule has 1 aliphatic heterocycles. The highest BCUT2D eigenvalue weighted by Gasteiger charge is 2.13. The molecule has 0 saturated carbocycles. The first-order chi connectivity index (χ1) is 19.4. The molecule has 0 N–H and O–H groups in total. The summed E-state index contributed by atoms with van der Waals surface area (Å²) < 4.78 is 39.6. The Kier molecular flexibility index (Phi) is 14.0. The van der Waals surface area contributed by atoms with Gasteiger partial charge in [-0.2, -0.15) is 0 Å². The summed E-state index contributed by atoms with van der Waals surface area (Å²) >= 11 is 0. The molecule has 0 spiro atoms. The SMILES string of the molecule is c1ccc2c(CN3CCOCCOCCOCCOCCOCCOCCOCC3)c3ccccc3cc2c1. The third kappa shape index (κ3) is 10.7. The van der Waals surface area contributed by atoms with E-state index in [9.17, 15) is 0 Å². The van der Waals surface area contributed by atoms with Crippen LogP contribution in [0.2, 0.25) is 0 Å². The molecule has 8 heteroatoms. The highest BCUT2D eigenvalue weighted by Crippen LogP contribution is 2.29. The zero-order chi connectivity index (χ0) is 26.8. The van der Waals surface area contributed by atoms with Gasteiger partial charge in [-0.15, -0.1) is 0 Å². The second-order valence-electron chi connectivity index (χ2n) is 9.36. The van der Waals surface area contributed by atoms with E-state index in [1.807, 2.05) is 0 Å². The van der Waals surface area contributed by atoms with Crippen LogP contribution in [0.3, 0.4) is 0 Å². The van der Waals surface area contributed by atoms with E-state index in [1.165, 1.54) is 27.1 Å². The van der Waals surface area contributed by atoms with Crippen molar-refractivity contribution in [3.05, 3.63) is 60.2 Å². The Morgan fingerprint density at radius 2 is 0.769 bits per heavy atom. The van der Waals surface area contributed by atoms with E-state index < -0.39 is 0 Å². The maximum atomic E-state index is 5.91. The maximum Gasteiger partial charge on any atom is 0.0701 e. The summed E-state index contributed by atoms with van der Waals surface area (Å²) in [6, 6.07) is 19.6. The number of fused-ring (bicyclic) bond motifs is 2. The van der Waals surface area contributed by atoms with Gasteiger partial charge in [-0.1, -0.05) is 48.5 Å². The first-order valence-corrected chi connectivity index (χ1v) is 14.1. The van der Waals surface area contributed by atoms with Gasteiger partial charge in [-0.05, 0) is 33.2 Å². The van der Waals surface area contributed by atoms with Crippen LogP contribution in [0, 0.1) is 0 Å². The molecule has 0 radical (unpaired) electrons. The second-order valence-corrected chi connectivity index (χ2v) is 9.36. The lowest BCUT2D eigenvalue weighted by Gasteiger charge is -2.24. The first kappa shape index (κ1) is 29.8. The molecule has 39 heavy (non-hydrogen) atoms. The summed E-state index contributed by atoms with van der Waals surface area (Å²) in [7, 11) is 0. The van der Waals surface area contributed by atoms with Gasteiger partial charge in [-0.3, -0.25) is 4.90 Å². The van der Waals surface area contributed by atoms with Crippen molar-refractivity contribution < 1.29 is 33.2 Å². The molecule has 1 aliphatic rings. The van der Waals surface area contributed by atoms with Crippen LogP contribution in [0.15, 0.2) is 54.6 Å². The van der Waals surface area contributed by atoms with E-state index >= 15 is 0 Å². The Morgan fingerprint density at radius 1 is 0.436 bits per heavy atom. The minimum Gasteiger partial charge on any atom is -0.378 e. The van der Waals surface area contributed by atoms with Crippen LogP contribution in [0.4, 0.5) is 0 Å². The number of rotatable bonds is 2. The van der Waals surface area contributed by atoms with Crippen LogP contribution in [0.5, 0.6) is 0 Å². The van der Waals surface area contributed by atoms with Crippen LogP contribution >= 0.6 is 0 Å². The zero-order valence-corrected chi connectivity index (χ0v) is 23.0. The van der Waals surface area contributed by atoms with E-state index in [1.54, 1.807) is 0 Å². The van der Waals surface area contributed by atoms with E-state index in [0.29, 0.717) is 92.5 Å².